The molecule has 17 nitrogen and oxygen atoms in total. The Labute approximate surface area is 307 Å². The number of carbonyl (C=O) groups excluding carboxylic acids is 2. The third kappa shape index (κ3) is 5.99. The number of aliphatic hydroxyl groups is 1. The molecule has 8 rings (SSSR count). The van der Waals surface area contributed by atoms with Gasteiger partial charge in [0.2, 0.25) is 11.4 Å². The minimum absolute atomic E-state index is 0.170. The third-order valence-corrected chi connectivity index (χ3v) is 9.13. The Morgan fingerprint density at radius 2 is 1.47 bits per heavy atom. The summed E-state index contributed by atoms with van der Waals surface area (Å²) in [5.41, 5.74) is 9.09. The Hall–Kier alpha value is -7.66. The van der Waals surface area contributed by atoms with Gasteiger partial charge in [0.05, 0.1) is 64.0 Å². The van der Waals surface area contributed by atoms with Crippen LogP contribution < -0.4 is 22.1 Å². The van der Waals surface area contributed by atoms with Gasteiger partial charge in [0, 0.05) is 45.9 Å². The van der Waals surface area contributed by atoms with Crippen LogP contribution in [-0.4, -0.2) is 58.2 Å². The molecule has 0 aliphatic rings. The van der Waals surface area contributed by atoms with E-state index in [2.05, 4.69) is 36.0 Å². The van der Waals surface area contributed by atoms with Gasteiger partial charge in [0.15, 0.2) is 5.82 Å². The number of hydrogen-bond donors (Lipinski definition) is 5. The van der Waals surface area contributed by atoms with E-state index in [4.69, 9.17) is 8.83 Å². The summed E-state index contributed by atoms with van der Waals surface area (Å²) >= 11 is 0. The van der Waals surface area contributed by atoms with Crippen molar-refractivity contribution in [3.8, 4) is 17.0 Å². The molecular formula is C38H29N9O8. The molecule has 5 N–H and O–H groups in total. The van der Waals surface area contributed by atoms with Crippen molar-refractivity contribution in [3.63, 3.8) is 0 Å². The van der Waals surface area contributed by atoms with Crippen LogP contribution in [0.2, 0.25) is 0 Å². The number of rotatable bonds is 8. The van der Waals surface area contributed by atoms with E-state index in [9.17, 15) is 29.4 Å². The number of aromatic amines is 1. The molecule has 6 aromatic heterocycles. The molecule has 8 aromatic rings. The molecule has 0 radical (unpaired) electrons. The molecule has 0 aliphatic carbocycles. The number of aryl methyl sites for hydroxylation is 3. The van der Waals surface area contributed by atoms with Gasteiger partial charge in [-0.25, -0.2) is 25.4 Å². The van der Waals surface area contributed by atoms with Gasteiger partial charge in [0.25, 0.3) is 11.8 Å². The van der Waals surface area contributed by atoms with Gasteiger partial charge < -0.3 is 24.0 Å². The minimum Gasteiger partial charge on any atom is -0.505 e. The summed E-state index contributed by atoms with van der Waals surface area (Å²) in [7, 11) is 0. The summed E-state index contributed by atoms with van der Waals surface area (Å²) < 4.78 is 14.6. The summed E-state index contributed by atoms with van der Waals surface area (Å²) in [6.45, 7) is 4.87. The second kappa shape index (κ2) is 13.4. The molecule has 0 bridgehead atoms. The zero-order chi connectivity index (χ0) is 38.5. The number of hydrogen-bond acceptors (Lipinski definition) is 12. The molecule has 2 amide bonds. The quantitative estimate of drug-likeness (QED) is 0.112. The molecule has 274 valence electrons. The summed E-state index contributed by atoms with van der Waals surface area (Å²) in [6.07, 6.45) is 5.46. The Kier molecular flexibility index (Phi) is 8.38. The van der Waals surface area contributed by atoms with Gasteiger partial charge >= 0.3 is 11.3 Å². The van der Waals surface area contributed by atoms with Gasteiger partial charge in [-0.15, -0.1) is 0 Å². The zero-order valence-corrected chi connectivity index (χ0v) is 29.2. The maximum absolute atomic E-state index is 13.1. The maximum atomic E-state index is 13.1. The average molecular weight is 740 g/mol. The molecule has 55 heavy (non-hydrogen) atoms. The molecule has 17 heteroatoms. The van der Waals surface area contributed by atoms with Crippen molar-refractivity contribution in [2.75, 3.05) is 0 Å². The first-order valence-electron chi connectivity index (χ1n) is 16.7. The highest BCUT2D eigenvalue weighted by Gasteiger charge is 2.19. The Morgan fingerprint density at radius 3 is 2.16 bits per heavy atom. The highest BCUT2D eigenvalue weighted by molar-refractivity contribution is 6.00. The molecule has 0 atom stereocenters. The molecule has 0 spiro atoms. The highest BCUT2D eigenvalue weighted by atomic mass is 16.4. The van der Waals surface area contributed by atoms with Crippen molar-refractivity contribution in [1.82, 2.24) is 34.6 Å². The number of nitrogens with one attached hydrogen (secondary N) is 3. The number of pyridine rings is 1. The smallest absolute Gasteiger partial charge is 0.346 e. The van der Waals surface area contributed by atoms with E-state index in [1.807, 2.05) is 19.9 Å². The fraction of sp³-hybridized carbons (Fsp3) is 0.105. The van der Waals surface area contributed by atoms with Crippen LogP contribution >= 0.6 is 0 Å². The van der Waals surface area contributed by atoms with Crippen LogP contribution in [0.5, 0.6) is 5.75 Å². The summed E-state index contributed by atoms with van der Waals surface area (Å²) in [5.74, 6) is -0.988. The number of carbonyl (C=O) groups is 2. The lowest BCUT2D eigenvalue weighted by molar-refractivity contribution is 0.0947. The molecule has 0 fully saturated rings. The number of aromatic hydroxyl groups is 1. The number of amides is 2. The van der Waals surface area contributed by atoms with Crippen LogP contribution in [0.3, 0.4) is 0 Å². The van der Waals surface area contributed by atoms with Crippen molar-refractivity contribution in [2.24, 2.45) is 10.2 Å². The highest BCUT2D eigenvalue weighted by Crippen LogP contribution is 2.29. The summed E-state index contributed by atoms with van der Waals surface area (Å²) in [5, 5.41) is 28.5. The number of nitrogens with zero attached hydrogens (tertiary/aromatic N) is 6. The number of imidazole rings is 1. The van der Waals surface area contributed by atoms with E-state index in [1.165, 1.54) is 55.2 Å². The van der Waals surface area contributed by atoms with Crippen molar-refractivity contribution in [3.05, 3.63) is 133 Å². The SMILES string of the molecule is Cc1ncc(CO)c(/C=N/NC(=O)c2ccc3c(=O)oc4c(-c5cnc(/C=N/NC(=O)c6ccc7c(=O)oc8ccc(C)n8c7c6)[nH]5)cc(C)n4c3c2)c1O. The van der Waals surface area contributed by atoms with E-state index < -0.39 is 29.7 Å². The number of hydrazone groups is 2. The van der Waals surface area contributed by atoms with Gasteiger partial charge in [-0.2, -0.15) is 10.2 Å². The lowest BCUT2D eigenvalue weighted by Gasteiger charge is -2.08. The predicted octanol–water partition coefficient (Wildman–Crippen LogP) is 3.84. The molecule has 0 saturated heterocycles. The lowest BCUT2D eigenvalue weighted by Crippen LogP contribution is -2.18. The average Bonchev–Trinajstić information content (AvgIpc) is 3.89. The molecule has 6 heterocycles. The second-order valence-electron chi connectivity index (χ2n) is 12.6. The van der Waals surface area contributed by atoms with Gasteiger partial charge in [0.1, 0.15) is 5.75 Å². The Balaban J connectivity index is 1.03. The first kappa shape index (κ1) is 34.4. The fourth-order valence-electron chi connectivity index (χ4n) is 6.36. The van der Waals surface area contributed by atoms with Crippen molar-refractivity contribution in [1.29, 1.82) is 0 Å². The Bertz CT molecular complexity index is 3070. The first-order valence-corrected chi connectivity index (χ1v) is 16.7. The normalized spacial score (nSPS) is 11.9. The monoisotopic (exact) mass is 739 g/mol. The number of aromatic nitrogens is 5. The van der Waals surface area contributed by atoms with E-state index in [0.717, 1.165) is 5.69 Å². The maximum Gasteiger partial charge on any atom is 0.346 e. The Morgan fingerprint density at radius 1 is 0.818 bits per heavy atom. The van der Waals surface area contributed by atoms with Crippen molar-refractivity contribution >= 4 is 57.5 Å². The van der Waals surface area contributed by atoms with Gasteiger partial charge in [-0.1, -0.05) is 0 Å². The van der Waals surface area contributed by atoms with E-state index in [-0.39, 0.29) is 39.4 Å². The summed E-state index contributed by atoms with van der Waals surface area (Å²) in [4.78, 5) is 63.1. The fourth-order valence-corrected chi connectivity index (χ4v) is 6.36. The number of fused-ring (bicyclic) bond motifs is 6. The molecule has 0 aliphatic heterocycles. The first-order chi connectivity index (χ1) is 26.5. The molecule has 2 aromatic carbocycles. The number of aliphatic hydroxyl groups excluding tert-OH is 1. The van der Waals surface area contributed by atoms with Crippen LogP contribution in [0.25, 0.3) is 44.5 Å². The molecular weight excluding hydrogens is 710 g/mol. The van der Waals surface area contributed by atoms with Crippen molar-refractivity contribution < 1.29 is 28.6 Å². The number of benzene rings is 2. The van der Waals surface area contributed by atoms with E-state index in [1.54, 1.807) is 33.9 Å². The largest absolute Gasteiger partial charge is 0.505 e. The van der Waals surface area contributed by atoms with Gasteiger partial charge in [-0.3, -0.25) is 23.4 Å². The zero-order valence-electron chi connectivity index (χ0n) is 29.2. The third-order valence-electron chi connectivity index (χ3n) is 9.13. The predicted molar refractivity (Wildman–Crippen MR) is 201 cm³/mol. The van der Waals surface area contributed by atoms with E-state index in [0.29, 0.717) is 50.3 Å². The van der Waals surface area contributed by atoms with Crippen LogP contribution in [0.4, 0.5) is 0 Å². The molecule has 0 unspecified atom stereocenters. The van der Waals surface area contributed by atoms with Crippen LogP contribution in [0, 0.1) is 20.8 Å². The second-order valence-corrected chi connectivity index (χ2v) is 12.6. The standard InChI is InChI=1S/C38H29N9O8/c1-18-4-9-32-46(18)29-11-21(5-7-24(29)37(52)54-32)35(51)45-42-16-31-40-15-28(43-31)26-10-19(2)47-30-12-22(6-8-25(30)38(53)55-36(26)47)34(50)44-41-14-27-23(17-48)13-39-20(3)33(27)49/h4-16,48-49H,17H2,1-3H3,(H,40,43)(H,44,50)(H,45,51)/b41-14+,42-16+. The van der Waals surface area contributed by atoms with Crippen molar-refractivity contribution in [2.45, 2.75) is 27.4 Å². The minimum atomic E-state index is -0.627. The van der Waals surface area contributed by atoms with Crippen LogP contribution in [0.15, 0.2) is 95.6 Å². The van der Waals surface area contributed by atoms with Gasteiger partial charge in [-0.05, 0) is 69.3 Å². The van der Waals surface area contributed by atoms with E-state index >= 15 is 0 Å². The summed E-state index contributed by atoms with van der Waals surface area (Å²) in [6, 6.07) is 14.4. The van der Waals surface area contributed by atoms with Crippen LogP contribution in [0.1, 0.15) is 54.7 Å². The molecule has 0 saturated carbocycles. The number of H-pyrrole nitrogens is 1. The topological polar surface area (TPSA) is 234 Å². The van der Waals surface area contributed by atoms with Crippen LogP contribution in [-0.2, 0) is 6.61 Å². The lowest BCUT2D eigenvalue weighted by atomic mass is 10.1.